The molecule has 4 heteroatoms. The number of hydrogen-bond donors (Lipinski definition) is 2. The van der Waals surface area contributed by atoms with Crippen molar-refractivity contribution >= 4 is 5.91 Å². The third kappa shape index (κ3) is 2.99. The summed E-state index contributed by atoms with van der Waals surface area (Å²) in [6.07, 6.45) is 3.80. The van der Waals surface area contributed by atoms with Crippen molar-refractivity contribution in [3.8, 4) is 0 Å². The number of carbonyl (C=O) groups excluding carboxylic acids is 1. The van der Waals surface area contributed by atoms with E-state index in [0.29, 0.717) is 5.92 Å². The van der Waals surface area contributed by atoms with Gasteiger partial charge in [-0.1, -0.05) is 6.92 Å². The zero-order valence-electron chi connectivity index (χ0n) is 10.6. The van der Waals surface area contributed by atoms with Crippen molar-refractivity contribution < 1.29 is 9.90 Å². The van der Waals surface area contributed by atoms with Crippen molar-refractivity contribution in [3.63, 3.8) is 0 Å². The molecule has 4 atom stereocenters. The average Bonchev–Trinajstić information content (AvgIpc) is 2.75. The molecule has 4 nitrogen and oxygen atoms in total. The van der Waals surface area contributed by atoms with Crippen molar-refractivity contribution in [2.75, 3.05) is 19.7 Å². The van der Waals surface area contributed by atoms with Gasteiger partial charge < -0.3 is 15.7 Å². The zero-order chi connectivity index (χ0) is 12.4. The van der Waals surface area contributed by atoms with Crippen LogP contribution in [0.1, 0.15) is 32.6 Å². The van der Waals surface area contributed by atoms with Crippen LogP contribution in [0.25, 0.3) is 0 Å². The molecule has 0 spiro atoms. The lowest BCUT2D eigenvalue weighted by Crippen LogP contribution is -2.41. The maximum Gasteiger partial charge on any atom is 0.225 e. The van der Waals surface area contributed by atoms with E-state index in [0.717, 1.165) is 38.8 Å². The third-order valence-corrected chi connectivity index (χ3v) is 4.18. The predicted molar refractivity (Wildman–Crippen MR) is 66.3 cm³/mol. The first kappa shape index (κ1) is 12.8. The molecule has 4 unspecified atom stereocenters. The van der Waals surface area contributed by atoms with Crippen LogP contribution in [0.15, 0.2) is 0 Å². The summed E-state index contributed by atoms with van der Waals surface area (Å²) in [4.78, 5) is 14.3. The Kier molecular flexibility index (Phi) is 4.05. The van der Waals surface area contributed by atoms with Crippen molar-refractivity contribution in [1.82, 2.24) is 4.90 Å². The second-order valence-corrected chi connectivity index (χ2v) is 5.89. The Balaban J connectivity index is 1.91. The standard InChI is InChI=1S/C13H24N2O2/c1-9-4-11(6-12(14)5-9)13(17)15-3-2-10(7-15)8-16/h9-12,16H,2-8,14H2,1H3. The van der Waals surface area contributed by atoms with Gasteiger partial charge in [-0.15, -0.1) is 0 Å². The van der Waals surface area contributed by atoms with Gasteiger partial charge >= 0.3 is 0 Å². The van der Waals surface area contributed by atoms with Crippen molar-refractivity contribution in [1.29, 1.82) is 0 Å². The maximum absolute atomic E-state index is 12.3. The maximum atomic E-state index is 12.3. The summed E-state index contributed by atoms with van der Waals surface area (Å²) >= 11 is 0. The fourth-order valence-corrected chi connectivity index (χ4v) is 3.30. The Hall–Kier alpha value is -0.610. The average molecular weight is 240 g/mol. The Labute approximate surface area is 103 Å². The highest BCUT2D eigenvalue weighted by Gasteiger charge is 2.34. The van der Waals surface area contributed by atoms with Gasteiger partial charge in [0.15, 0.2) is 0 Å². The Morgan fingerprint density at radius 1 is 1.41 bits per heavy atom. The normalized spacial score (nSPS) is 38.4. The number of nitrogens with two attached hydrogens (primary N) is 1. The van der Waals surface area contributed by atoms with E-state index in [2.05, 4.69) is 6.92 Å². The number of aliphatic hydroxyl groups excluding tert-OH is 1. The fraction of sp³-hybridized carbons (Fsp3) is 0.923. The van der Waals surface area contributed by atoms with E-state index in [1.165, 1.54) is 0 Å². The first-order chi connectivity index (χ1) is 8.10. The van der Waals surface area contributed by atoms with Crippen LogP contribution < -0.4 is 5.73 Å². The van der Waals surface area contributed by atoms with Crippen LogP contribution in [-0.4, -0.2) is 41.7 Å². The lowest BCUT2D eigenvalue weighted by atomic mass is 9.79. The largest absolute Gasteiger partial charge is 0.396 e. The topological polar surface area (TPSA) is 66.6 Å². The first-order valence-electron chi connectivity index (χ1n) is 6.75. The molecule has 0 aromatic rings. The van der Waals surface area contributed by atoms with Gasteiger partial charge in [-0.3, -0.25) is 4.79 Å². The third-order valence-electron chi connectivity index (χ3n) is 4.18. The predicted octanol–water partition coefficient (Wildman–Crippen LogP) is 0.591. The molecular formula is C13H24N2O2. The van der Waals surface area contributed by atoms with E-state index < -0.39 is 0 Å². The van der Waals surface area contributed by atoms with Crippen LogP contribution in [-0.2, 0) is 4.79 Å². The highest BCUT2D eigenvalue weighted by atomic mass is 16.3. The lowest BCUT2D eigenvalue weighted by Gasteiger charge is -2.32. The SMILES string of the molecule is CC1CC(N)CC(C(=O)N2CCC(CO)C2)C1. The molecule has 2 fully saturated rings. The Morgan fingerprint density at radius 3 is 2.76 bits per heavy atom. The lowest BCUT2D eigenvalue weighted by molar-refractivity contribution is -0.136. The molecule has 1 saturated carbocycles. The summed E-state index contributed by atoms with van der Waals surface area (Å²) in [6.45, 7) is 3.92. The molecular weight excluding hydrogens is 216 g/mol. The van der Waals surface area contributed by atoms with Gasteiger partial charge in [-0.05, 0) is 31.6 Å². The zero-order valence-corrected chi connectivity index (χ0v) is 10.6. The molecule has 1 aliphatic carbocycles. The second kappa shape index (κ2) is 5.36. The molecule has 0 aromatic heterocycles. The number of likely N-dealkylation sites (tertiary alicyclic amines) is 1. The number of hydrogen-bond acceptors (Lipinski definition) is 3. The van der Waals surface area contributed by atoms with E-state index >= 15 is 0 Å². The highest BCUT2D eigenvalue weighted by Crippen LogP contribution is 2.30. The Bertz CT molecular complexity index is 273. The fourth-order valence-electron chi connectivity index (χ4n) is 3.30. The second-order valence-electron chi connectivity index (χ2n) is 5.89. The van der Waals surface area contributed by atoms with Gasteiger partial charge in [0.05, 0.1) is 0 Å². The molecule has 0 aromatic carbocycles. The van der Waals surface area contributed by atoms with E-state index in [1.54, 1.807) is 0 Å². The van der Waals surface area contributed by atoms with Crippen LogP contribution in [0.5, 0.6) is 0 Å². The molecule has 1 aliphatic heterocycles. The minimum absolute atomic E-state index is 0.117. The summed E-state index contributed by atoms with van der Waals surface area (Å²) in [6, 6.07) is 0.184. The van der Waals surface area contributed by atoms with Gasteiger partial charge in [-0.25, -0.2) is 0 Å². The van der Waals surface area contributed by atoms with E-state index in [1.807, 2.05) is 4.90 Å². The minimum Gasteiger partial charge on any atom is -0.396 e. The molecule has 17 heavy (non-hydrogen) atoms. The summed E-state index contributed by atoms with van der Waals surface area (Å²) in [5.74, 6) is 1.23. The molecule has 0 bridgehead atoms. The summed E-state index contributed by atoms with van der Waals surface area (Å²) in [5.41, 5.74) is 5.99. The van der Waals surface area contributed by atoms with E-state index in [4.69, 9.17) is 10.8 Å². The van der Waals surface area contributed by atoms with Crippen molar-refractivity contribution in [2.45, 2.75) is 38.6 Å². The molecule has 1 saturated heterocycles. The smallest absolute Gasteiger partial charge is 0.225 e. The number of amides is 1. The highest BCUT2D eigenvalue weighted by molar-refractivity contribution is 5.79. The number of carbonyl (C=O) groups is 1. The number of rotatable bonds is 2. The first-order valence-corrected chi connectivity index (χ1v) is 6.75. The van der Waals surface area contributed by atoms with Gasteiger partial charge in [-0.2, -0.15) is 0 Å². The minimum atomic E-state index is 0.117. The van der Waals surface area contributed by atoms with Crippen LogP contribution in [0.2, 0.25) is 0 Å². The van der Waals surface area contributed by atoms with Crippen LogP contribution in [0, 0.1) is 17.8 Å². The van der Waals surface area contributed by atoms with Crippen molar-refractivity contribution in [3.05, 3.63) is 0 Å². The quantitative estimate of drug-likeness (QED) is 0.742. The molecule has 1 amide bonds. The summed E-state index contributed by atoms with van der Waals surface area (Å²) in [7, 11) is 0. The molecule has 0 radical (unpaired) electrons. The summed E-state index contributed by atoms with van der Waals surface area (Å²) < 4.78 is 0. The summed E-state index contributed by atoms with van der Waals surface area (Å²) in [5, 5.41) is 9.10. The molecule has 1 heterocycles. The molecule has 98 valence electrons. The van der Waals surface area contributed by atoms with Crippen molar-refractivity contribution in [2.24, 2.45) is 23.5 Å². The monoisotopic (exact) mass is 240 g/mol. The molecule has 2 aliphatic rings. The molecule has 3 N–H and O–H groups in total. The van der Waals surface area contributed by atoms with E-state index in [9.17, 15) is 4.79 Å². The van der Waals surface area contributed by atoms with Crippen LogP contribution in [0.3, 0.4) is 0 Å². The van der Waals surface area contributed by atoms with Gasteiger partial charge in [0, 0.05) is 37.6 Å². The van der Waals surface area contributed by atoms with Crippen LogP contribution >= 0.6 is 0 Å². The van der Waals surface area contributed by atoms with E-state index in [-0.39, 0.29) is 30.4 Å². The number of nitrogens with zero attached hydrogens (tertiary/aromatic N) is 1. The van der Waals surface area contributed by atoms with Gasteiger partial charge in [0.1, 0.15) is 0 Å². The Morgan fingerprint density at radius 2 is 2.18 bits per heavy atom. The number of aliphatic hydroxyl groups is 1. The molecule has 2 rings (SSSR count). The van der Waals surface area contributed by atoms with Gasteiger partial charge in [0.25, 0.3) is 0 Å². The van der Waals surface area contributed by atoms with Crippen LogP contribution in [0.4, 0.5) is 0 Å². The van der Waals surface area contributed by atoms with Gasteiger partial charge in [0.2, 0.25) is 5.91 Å².